The van der Waals surface area contributed by atoms with Crippen LogP contribution in [0.3, 0.4) is 0 Å². The van der Waals surface area contributed by atoms with Crippen molar-refractivity contribution in [1.29, 1.82) is 0 Å². The third-order valence-corrected chi connectivity index (χ3v) is 2.93. The van der Waals surface area contributed by atoms with Gasteiger partial charge in [-0.05, 0) is 44.8 Å². The minimum absolute atomic E-state index is 0.147. The summed E-state index contributed by atoms with van der Waals surface area (Å²) in [5.74, 6) is 0.425. The summed E-state index contributed by atoms with van der Waals surface area (Å²) >= 11 is 0. The van der Waals surface area contributed by atoms with Crippen molar-refractivity contribution in [2.24, 2.45) is 5.92 Å². The van der Waals surface area contributed by atoms with E-state index in [9.17, 15) is 13.2 Å². The van der Waals surface area contributed by atoms with Crippen LogP contribution in [0.5, 0.6) is 0 Å². The fourth-order valence-electron chi connectivity index (χ4n) is 2.03. The number of nitrogens with one attached hydrogen (secondary N) is 1. The highest BCUT2D eigenvalue weighted by molar-refractivity contribution is 5.24. The van der Waals surface area contributed by atoms with E-state index in [4.69, 9.17) is 0 Å². The summed E-state index contributed by atoms with van der Waals surface area (Å²) in [5, 5.41) is 3.31. The van der Waals surface area contributed by atoms with Crippen molar-refractivity contribution < 1.29 is 13.2 Å². The summed E-state index contributed by atoms with van der Waals surface area (Å²) in [7, 11) is 0. The van der Waals surface area contributed by atoms with Crippen LogP contribution in [-0.4, -0.2) is 29.2 Å². The number of hydrogen-bond acceptors (Lipinski definition) is 3. The second kappa shape index (κ2) is 7.02. The Bertz CT molecular complexity index is 419. The van der Waals surface area contributed by atoms with Gasteiger partial charge in [-0.3, -0.25) is 0 Å². The number of aryl methyl sites for hydroxylation is 2. The molecule has 0 bridgehead atoms. The van der Waals surface area contributed by atoms with Crippen molar-refractivity contribution in [3.8, 4) is 0 Å². The monoisotopic (exact) mass is 289 g/mol. The number of alkyl halides is 3. The van der Waals surface area contributed by atoms with Crippen LogP contribution in [0.25, 0.3) is 0 Å². The third-order valence-electron chi connectivity index (χ3n) is 2.93. The van der Waals surface area contributed by atoms with Gasteiger partial charge in [-0.1, -0.05) is 13.8 Å². The number of aromatic nitrogens is 2. The van der Waals surface area contributed by atoms with Crippen LogP contribution in [0.4, 0.5) is 13.2 Å². The minimum Gasteiger partial charge on any atom is -0.316 e. The SMILES string of the molecule is Cc1nc(CC(F)(F)F)nc(C)c1CCNCC(C)C. The highest BCUT2D eigenvalue weighted by Crippen LogP contribution is 2.20. The van der Waals surface area contributed by atoms with Crippen molar-refractivity contribution in [1.82, 2.24) is 15.3 Å². The van der Waals surface area contributed by atoms with Crippen LogP contribution in [0.1, 0.15) is 36.6 Å². The first-order chi connectivity index (χ1) is 9.19. The Morgan fingerprint density at radius 1 is 1.10 bits per heavy atom. The molecule has 114 valence electrons. The topological polar surface area (TPSA) is 37.8 Å². The van der Waals surface area contributed by atoms with Gasteiger partial charge in [0, 0.05) is 11.4 Å². The van der Waals surface area contributed by atoms with Crippen molar-refractivity contribution in [2.75, 3.05) is 13.1 Å². The predicted molar refractivity (Wildman–Crippen MR) is 72.7 cm³/mol. The van der Waals surface area contributed by atoms with E-state index in [0.717, 1.165) is 25.1 Å². The Morgan fingerprint density at radius 3 is 2.10 bits per heavy atom. The molecule has 0 radical (unpaired) electrons. The molecule has 0 aliphatic rings. The van der Waals surface area contributed by atoms with Gasteiger partial charge in [0.05, 0.1) is 0 Å². The lowest BCUT2D eigenvalue weighted by Crippen LogP contribution is -2.23. The number of rotatable bonds is 6. The Kier molecular flexibility index (Phi) is 5.92. The van der Waals surface area contributed by atoms with E-state index < -0.39 is 12.6 Å². The molecule has 1 aromatic heterocycles. The molecule has 6 heteroatoms. The number of hydrogen-bond donors (Lipinski definition) is 1. The van der Waals surface area contributed by atoms with Crippen LogP contribution in [-0.2, 0) is 12.8 Å². The molecule has 20 heavy (non-hydrogen) atoms. The third kappa shape index (κ3) is 5.86. The van der Waals surface area contributed by atoms with Crippen molar-refractivity contribution >= 4 is 0 Å². The molecular weight excluding hydrogens is 267 g/mol. The maximum atomic E-state index is 12.3. The molecule has 0 amide bonds. The molecule has 0 unspecified atom stereocenters. The second-order valence-electron chi connectivity index (χ2n) is 5.43. The normalized spacial score (nSPS) is 12.2. The molecule has 1 rings (SSSR count). The summed E-state index contributed by atoms with van der Waals surface area (Å²) in [6, 6.07) is 0. The molecule has 1 heterocycles. The lowest BCUT2D eigenvalue weighted by molar-refractivity contribution is -0.128. The van der Waals surface area contributed by atoms with Gasteiger partial charge >= 0.3 is 6.18 Å². The van der Waals surface area contributed by atoms with Gasteiger partial charge in [0.25, 0.3) is 0 Å². The molecule has 0 aliphatic heterocycles. The lowest BCUT2D eigenvalue weighted by atomic mass is 10.1. The first-order valence-corrected chi connectivity index (χ1v) is 6.79. The van der Waals surface area contributed by atoms with Crippen LogP contribution in [0, 0.1) is 19.8 Å². The quantitative estimate of drug-likeness (QED) is 0.818. The zero-order valence-corrected chi connectivity index (χ0v) is 12.4. The van der Waals surface area contributed by atoms with Gasteiger partial charge in [-0.25, -0.2) is 9.97 Å². The van der Waals surface area contributed by atoms with Crippen LogP contribution in [0.15, 0.2) is 0 Å². The molecule has 0 aromatic carbocycles. The summed E-state index contributed by atoms with van der Waals surface area (Å²) in [5.41, 5.74) is 2.22. The minimum atomic E-state index is -4.26. The molecule has 0 saturated carbocycles. The van der Waals surface area contributed by atoms with Gasteiger partial charge in [0.2, 0.25) is 0 Å². The van der Waals surface area contributed by atoms with E-state index in [-0.39, 0.29) is 5.82 Å². The Balaban J connectivity index is 2.69. The average Bonchev–Trinajstić information content (AvgIpc) is 2.24. The maximum absolute atomic E-state index is 12.3. The molecule has 1 N–H and O–H groups in total. The fourth-order valence-corrected chi connectivity index (χ4v) is 2.03. The molecule has 3 nitrogen and oxygen atoms in total. The van der Waals surface area contributed by atoms with Crippen LogP contribution < -0.4 is 5.32 Å². The van der Waals surface area contributed by atoms with E-state index >= 15 is 0 Å². The highest BCUT2D eigenvalue weighted by Gasteiger charge is 2.29. The zero-order valence-electron chi connectivity index (χ0n) is 12.4. The van der Waals surface area contributed by atoms with Crippen LogP contribution in [0.2, 0.25) is 0 Å². The first kappa shape index (κ1) is 16.9. The van der Waals surface area contributed by atoms with E-state index in [2.05, 4.69) is 29.1 Å². The van der Waals surface area contributed by atoms with Gasteiger partial charge in [-0.15, -0.1) is 0 Å². The Morgan fingerprint density at radius 2 is 1.65 bits per heavy atom. The molecule has 1 aromatic rings. The smallest absolute Gasteiger partial charge is 0.316 e. The summed E-state index contributed by atoms with van der Waals surface area (Å²) in [6.45, 7) is 9.43. The van der Waals surface area contributed by atoms with Gasteiger partial charge in [0.15, 0.2) is 0 Å². The van der Waals surface area contributed by atoms with Crippen LogP contribution >= 0.6 is 0 Å². The van der Waals surface area contributed by atoms with E-state index in [0.29, 0.717) is 17.3 Å². The lowest BCUT2D eigenvalue weighted by Gasteiger charge is -2.13. The van der Waals surface area contributed by atoms with E-state index in [1.807, 2.05) is 0 Å². The maximum Gasteiger partial charge on any atom is 0.396 e. The van der Waals surface area contributed by atoms with Crippen molar-refractivity contribution in [3.63, 3.8) is 0 Å². The molecule has 0 aliphatic carbocycles. The van der Waals surface area contributed by atoms with E-state index in [1.54, 1.807) is 13.8 Å². The molecule has 0 fully saturated rings. The molecule has 0 atom stereocenters. The first-order valence-electron chi connectivity index (χ1n) is 6.79. The zero-order chi connectivity index (χ0) is 15.3. The second-order valence-corrected chi connectivity index (χ2v) is 5.43. The van der Waals surface area contributed by atoms with Gasteiger partial charge < -0.3 is 5.32 Å². The van der Waals surface area contributed by atoms with Crippen molar-refractivity contribution in [3.05, 3.63) is 22.8 Å². The Hall–Kier alpha value is -1.17. The number of nitrogens with zero attached hydrogens (tertiary/aromatic N) is 2. The fraction of sp³-hybridized carbons (Fsp3) is 0.714. The molecule has 0 spiro atoms. The Labute approximate surface area is 118 Å². The van der Waals surface area contributed by atoms with Gasteiger partial charge in [-0.2, -0.15) is 13.2 Å². The molecular formula is C14H22F3N3. The van der Waals surface area contributed by atoms with Gasteiger partial charge in [0.1, 0.15) is 12.2 Å². The summed E-state index contributed by atoms with van der Waals surface area (Å²) in [4.78, 5) is 7.95. The van der Waals surface area contributed by atoms with Crippen molar-refractivity contribution in [2.45, 2.75) is 46.7 Å². The number of halogens is 3. The highest BCUT2D eigenvalue weighted by atomic mass is 19.4. The summed E-state index contributed by atoms with van der Waals surface area (Å²) < 4.78 is 37.0. The summed E-state index contributed by atoms with van der Waals surface area (Å²) in [6.07, 6.45) is -4.60. The predicted octanol–water partition coefficient (Wildman–Crippen LogP) is 2.99. The largest absolute Gasteiger partial charge is 0.396 e. The average molecular weight is 289 g/mol. The van der Waals surface area contributed by atoms with E-state index in [1.165, 1.54) is 0 Å². The molecule has 0 saturated heterocycles. The standard InChI is InChI=1S/C14H22F3N3/c1-9(2)8-18-6-5-12-10(3)19-13(20-11(12)4)7-14(15,16)17/h9,18H,5-8H2,1-4H3.